The highest BCUT2D eigenvalue weighted by atomic mass is 32.2. The van der Waals surface area contributed by atoms with Crippen LogP contribution in [0.2, 0.25) is 0 Å². The minimum atomic E-state index is 1.01. The molecule has 0 radical (unpaired) electrons. The lowest BCUT2D eigenvalue weighted by Crippen LogP contribution is -1.99. The molecule has 0 spiro atoms. The highest BCUT2D eigenvalue weighted by Gasteiger charge is 2.10. The van der Waals surface area contributed by atoms with E-state index in [1.165, 1.54) is 27.1 Å². The predicted octanol–water partition coefficient (Wildman–Crippen LogP) is 3.68. The van der Waals surface area contributed by atoms with Gasteiger partial charge in [0, 0.05) is 18.0 Å². The topological polar surface area (TPSA) is 12.0 Å². The Hall–Kier alpha value is -1.25. The number of nitrogens with one attached hydrogen (secondary N) is 1. The van der Waals surface area contributed by atoms with Crippen LogP contribution in [0, 0.1) is 0 Å². The van der Waals surface area contributed by atoms with E-state index in [4.69, 9.17) is 0 Å². The van der Waals surface area contributed by atoms with Crippen LogP contribution in [0.5, 0.6) is 0 Å². The van der Waals surface area contributed by atoms with Crippen molar-refractivity contribution < 1.29 is 0 Å². The average Bonchev–Trinajstić information content (AvgIpc) is 2.86. The van der Waals surface area contributed by atoms with Gasteiger partial charge in [-0.1, -0.05) is 24.3 Å². The second-order valence-electron chi connectivity index (χ2n) is 4.32. The minimum absolute atomic E-state index is 1.01. The zero-order chi connectivity index (χ0) is 11.7. The van der Waals surface area contributed by atoms with Gasteiger partial charge in [0.25, 0.3) is 0 Å². The van der Waals surface area contributed by atoms with Crippen molar-refractivity contribution in [2.24, 2.45) is 0 Å². The summed E-state index contributed by atoms with van der Waals surface area (Å²) in [5.74, 6) is 0. The van der Waals surface area contributed by atoms with E-state index >= 15 is 0 Å². The molecule has 1 aliphatic rings. The molecule has 1 nitrogen and oxygen atoms in total. The van der Waals surface area contributed by atoms with E-state index < -0.39 is 0 Å². The predicted molar refractivity (Wildman–Crippen MR) is 74.2 cm³/mol. The van der Waals surface area contributed by atoms with Crippen molar-refractivity contribution in [1.82, 2.24) is 5.32 Å². The van der Waals surface area contributed by atoms with E-state index in [2.05, 4.69) is 54.0 Å². The van der Waals surface area contributed by atoms with Crippen molar-refractivity contribution >= 4 is 11.8 Å². The number of hydrogen-bond acceptors (Lipinski definition) is 2. The first kappa shape index (κ1) is 10.9. The molecule has 0 saturated carbocycles. The summed E-state index contributed by atoms with van der Waals surface area (Å²) in [6.45, 7) is 2.02. The van der Waals surface area contributed by atoms with Gasteiger partial charge < -0.3 is 5.32 Å². The number of fused-ring (bicyclic) bond motifs is 1. The third-order valence-corrected chi connectivity index (χ3v) is 4.00. The average molecular weight is 241 g/mol. The van der Waals surface area contributed by atoms with Crippen LogP contribution in [-0.2, 0) is 13.1 Å². The molecular formula is C15H15NS. The summed E-state index contributed by atoms with van der Waals surface area (Å²) in [6, 6.07) is 15.6. The zero-order valence-corrected chi connectivity index (χ0v) is 10.7. The van der Waals surface area contributed by atoms with Gasteiger partial charge in [-0.2, -0.15) is 0 Å². The van der Waals surface area contributed by atoms with Gasteiger partial charge in [-0.25, -0.2) is 0 Å². The molecule has 0 unspecified atom stereocenters. The van der Waals surface area contributed by atoms with Gasteiger partial charge in [0.2, 0.25) is 0 Å². The molecule has 0 saturated heterocycles. The monoisotopic (exact) mass is 241 g/mol. The zero-order valence-electron chi connectivity index (χ0n) is 9.86. The molecule has 0 bridgehead atoms. The SMILES string of the molecule is CSc1ccc(-c2ccc3c(c2)CNC3)cc1. The van der Waals surface area contributed by atoms with Gasteiger partial charge in [-0.05, 0) is 46.7 Å². The molecule has 1 heterocycles. The minimum Gasteiger partial charge on any atom is -0.309 e. The number of benzene rings is 2. The highest BCUT2D eigenvalue weighted by molar-refractivity contribution is 7.98. The smallest absolute Gasteiger partial charge is 0.0212 e. The molecule has 2 aromatic rings. The summed E-state index contributed by atoms with van der Waals surface area (Å²) in [4.78, 5) is 1.32. The lowest BCUT2D eigenvalue weighted by molar-refractivity contribution is 0.765. The fourth-order valence-electron chi connectivity index (χ4n) is 2.26. The standard InChI is InChI=1S/C15H15NS/c1-17-15-6-4-11(5-7-15)12-2-3-13-9-16-10-14(13)8-12/h2-8,16H,9-10H2,1H3. The van der Waals surface area contributed by atoms with E-state index in [1.807, 2.05) is 0 Å². The van der Waals surface area contributed by atoms with Crippen molar-refractivity contribution in [2.75, 3.05) is 6.26 Å². The molecule has 17 heavy (non-hydrogen) atoms. The Morgan fingerprint density at radius 3 is 2.35 bits per heavy atom. The molecule has 3 rings (SSSR count). The lowest BCUT2D eigenvalue weighted by atomic mass is 10.0. The molecule has 86 valence electrons. The summed E-state index contributed by atoms with van der Waals surface area (Å²) >= 11 is 1.78. The maximum atomic E-state index is 3.38. The van der Waals surface area contributed by atoms with Crippen molar-refractivity contribution in [2.45, 2.75) is 18.0 Å². The Morgan fingerprint density at radius 2 is 1.59 bits per heavy atom. The summed E-state index contributed by atoms with van der Waals surface area (Å²) in [7, 11) is 0. The van der Waals surface area contributed by atoms with Crippen LogP contribution in [0.4, 0.5) is 0 Å². The second kappa shape index (κ2) is 4.55. The van der Waals surface area contributed by atoms with Gasteiger partial charge in [0.15, 0.2) is 0 Å². The van der Waals surface area contributed by atoms with Crippen molar-refractivity contribution in [1.29, 1.82) is 0 Å². The molecule has 0 atom stereocenters. The Kier molecular flexibility index (Phi) is 2.91. The molecule has 2 aromatic carbocycles. The Labute approximate surface area is 106 Å². The largest absolute Gasteiger partial charge is 0.309 e. The Balaban J connectivity index is 1.97. The van der Waals surface area contributed by atoms with Crippen LogP contribution in [0.3, 0.4) is 0 Å². The molecule has 1 aliphatic heterocycles. The van der Waals surface area contributed by atoms with E-state index in [0.29, 0.717) is 0 Å². The molecule has 0 amide bonds. The first-order valence-electron chi connectivity index (χ1n) is 5.84. The first-order valence-corrected chi connectivity index (χ1v) is 7.06. The number of rotatable bonds is 2. The molecule has 0 fully saturated rings. The fraction of sp³-hybridized carbons (Fsp3) is 0.200. The maximum Gasteiger partial charge on any atom is 0.0212 e. The quantitative estimate of drug-likeness (QED) is 0.805. The summed E-state index contributed by atoms with van der Waals surface area (Å²) in [6.07, 6.45) is 2.11. The highest BCUT2D eigenvalue weighted by Crippen LogP contribution is 2.26. The summed E-state index contributed by atoms with van der Waals surface area (Å²) < 4.78 is 0. The van der Waals surface area contributed by atoms with Gasteiger partial charge in [0.1, 0.15) is 0 Å². The normalized spacial score (nSPS) is 13.7. The van der Waals surface area contributed by atoms with Crippen LogP contribution in [0.1, 0.15) is 11.1 Å². The molecule has 0 aliphatic carbocycles. The molecule has 1 N–H and O–H groups in total. The first-order chi connectivity index (χ1) is 8.36. The fourth-order valence-corrected chi connectivity index (χ4v) is 2.67. The second-order valence-corrected chi connectivity index (χ2v) is 5.20. The van der Waals surface area contributed by atoms with Gasteiger partial charge in [-0.3, -0.25) is 0 Å². The number of thioether (sulfide) groups is 1. The van der Waals surface area contributed by atoms with Crippen LogP contribution in [0.25, 0.3) is 11.1 Å². The van der Waals surface area contributed by atoms with Crippen molar-refractivity contribution in [3.63, 3.8) is 0 Å². The summed E-state index contributed by atoms with van der Waals surface area (Å²) in [5.41, 5.74) is 5.50. The van der Waals surface area contributed by atoms with Gasteiger partial charge >= 0.3 is 0 Å². The van der Waals surface area contributed by atoms with Gasteiger partial charge in [-0.15, -0.1) is 11.8 Å². The maximum absolute atomic E-state index is 3.38. The van der Waals surface area contributed by atoms with E-state index in [9.17, 15) is 0 Å². The van der Waals surface area contributed by atoms with E-state index in [-0.39, 0.29) is 0 Å². The Bertz CT molecular complexity index is 531. The van der Waals surface area contributed by atoms with Crippen LogP contribution in [-0.4, -0.2) is 6.26 Å². The van der Waals surface area contributed by atoms with Crippen LogP contribution < -0.4 is 5.32 Å². The molecule has 2 heteroatoms. The summed E-state index contributed by atoms with van der Waals surface area (Å²) in [5, 5.41) is 3.38. The number of hydrogen-bond donors (Lipinski definition) is 1. The van der Waals surface area contributed by atoms with E-state index in [0.717, 1.165) is 13.1 Å². The lowest BCUT2D eigenvalue weighted by Gasteiger charge is -2.05. The van der Waals surface area contributed by atoms with Crippen LogP contribution >= 0.6 is 11.8 Å². The third kappa shape index (κ3) is 2.11. The van der Waals surface area contributed by atoms with Crippen molar-refractivity contribution in [3.05, 3.63) is 53.6 Å². The van der Waals surface area contributed by atoms with Gasteiger partial charge in [0.05, 0.1) is 0 Å². The van der Waals surface area contributed by atoms with E-state index in [1.54, 1.807) is 11.8 Å². The van der Waals surface area contributed by atoms with Crippen LogP contribution in [0.15, 0.2) is 47.4 Å². The molecule has 0 aromatic heterocycles. The molecular weight excluding hydrogens is 226 g/mol. The third-order valence-electron chi connectivity index (χ3n) is 3.26. The van der Waals surface area contributed by atoms with Crippen molar-refractivity contribution in [3.8, 4) is 11.1 Å². The Morgan fingerprint density at radius 1 is 0.882 bits per heavy atom.